The maximum absolute atomic E-state index is 12.5. The number of hydrogen-bond donors (Lipinski definition) is 2. The predicted octanol–water partition coefficient (Wildman–Crippen LogP) is 0.0931. The van der Waals surface area contributed by atoms with E-state index < -0.39 is 11.6 Å². The Hall–Kier alpha value is -1.34. The Labute approximate surface area is 136 Å². The molecule has 2 heterocycles. The van der Waals surface area contributed by atoms with Gasteiger partial charge < -0.3 is 15.5 Å². The number of halogens is 1. The van der Waals surface area contributed by atoms with Gasteiger partial charge in [0, 0.05) is 25.7 Å². The quantitative estimate of drug-likeness (QED) is 0.703. The van der Waals surface area contributed by atoms with Crippen molar-refractivity contribution in [2.45, 2.75) is 44.2 Å². The van der Waals surface area contributed by atoms with Crippen molar-refractivity contribution < 1.29 is 14.4 Å². The van der Waals surface area contributed by atoms with Gasteiger partial charge in [0.2, 0.25) is 5.91 Å². The fraction of sp³-hybridized carbons (Fsp3) is 0.786. The topological polar surface area (TPSA) is 81.8 Å². The van der Waals surface area contributed by atoms with Crippen molar-refractivity contribution in [3.8, 4) is 0 Å². The van der Waals surface area contributed by atoms with E-state index >= 15 is 0 Å². The molecule has 22 heavy (non-hydrogen) atoms. The van der Waals surface area contributed by atoms with Gasteiger partial charge in [0.25, 0.3) is 5.91 Å². The van der Waals surface area contributed by atoms with Crippen molar-refractivity contribution in [3.05, 3.63) is 0 Å². The van der Waals surface area contributed by atoms with Crippen LogP contribution in [0.15, 0.2) is 0 Å². The molecule has 124 valence electrons. The zero-order valence-corrected chi connectivity index (χ0v) is 13.6. The Morgan fingerprint density at radius 3 is 2.64 bits per heavy atom. The van der Waals surface area contributed by atoms with Crippen LogP contribution in [0.1, 0.15) is 32.6 Å². The van der Waals surface area contributed by atoms with E-state index in [1.165, 1.54) is 0 Å². The molecule has 4 amide bonds. The molecule has 1 saturated carbocycles. The minimum atomic E-state index is -0.728. The molecular formula is C14H23ClN4O3. The molecule has 1 spiro atoms. The first-order valence-corrected chi connectivity index (χ1v) is 7.67. The lowest BCUT2D eigenvalue weighted by Gasteiger charge is -2.32. The first-order valence-electron chi connectivity index (χ1n) is 7.67. The van der Waals surface area contributed by atoms with E-state index in [9.17, 15) is 14.4 Å². The molecule has 2 N–H and O–H groups in total. The van der Waals surface area contributed by atoms with Crippen LogP contribution in [0.5, 0.6) is 0 Å². The summed E-state index contributed by atoms with van der Waals surface area (Å²) >= 11 is 0. The van der Waals surface area contributed by atoms with Crippen LogP contribution >= 0.6 is 12.4 Å². The average molecular weight is 331 g/mol. The molecule has 0 aromatic carbocycles. The van der Waals surface area contributed by atoms with Gasteiger partial charge in [-0.25, -0.2) is 4.79 Å². The van der Waals surface area contributed by atoms with Crippen molar-refractivity contribution >= 4 is 30.3 Å². The predicted molar refractivity (Wildman–Crippen MR) is 82.7 cm³/mol. The summed E-state index contributed by atoms with van der Waals surface area (Å²) < 4.78 is 0. The Morgan fingerprint density at radius 1 is 1.32 bits per heavy atom. The smallest absolute Gasteiger partial charge is 0.325 e. The third kappa shape index (κ3) is 2.92. The average Bonchev–Trinajstić information content (AvgIpc) is 3.00. The van der Waals surface area contributed by atoms with Crippen LogP contribution < -0.4 is 10.6 Å². The number of urea groups is 1. The highest BCUT2D eigenvalue weighted by molar-refractivity contribution is 6.09. The van der Waals surface area contributed by atoms with Gasteiger partial charge in [-0.2, -0.15) is 0 Å². The largest absolute Gasteiger partial charge is 0.338 e. The van der Waals surface area contributed by atoms with Gasteiger partial charge >= 0.3 is 6.03 Å². The molecule has 3 rings (SSSR count). The fourth-order valence-corrected chi connectivity index (χ4v) is 3.53. The molecule has 0 radical (unpaired) electrons. The summed E-state index contributed by atoms with van der Waals surface area (Å²) in [6.45, 7) is 3.86. The van der Waals surface area contributed by atoms with E-state index in [4.69, 9.17) is 0 Å². The summed E-state index contributed by atoms with van der Waals surface area (Å²) in [5, 5.41) is 6.06. The summed E-state index contributed by atoms with van der Waals surface area (Å²) in [6, 6.07) is -0.176. The van der Waals surface area contributed by atoms with Gasteiger partial charge in [-0.05, 0) is 19.8 Å². The van der Waals surface area contributed by atoms with Crippen molar-refractivity contribution in [3.63, 3.8) is 0 Å². The lowest BCUT2D eigenvalue weighted by atomic mass is 9.98. The number of carbonyl (C=O) groups is 3. The first-order chi connectivity index (χ1) is 10.0. The van der Waals surface area contributed by atoms with Crippen molar-refractivity contribution in [2.24, 2.45) is 0 Å². The summed E-state index contributed by atoms with van der Waals surface area (Å²) in [6.07, 6.45) is 3.27. The zero-order valence-electron chi connectivity index (χ0n) is 12.8. The van der Waals surface area contributed by atoms with E-state index in [2.05, 4.69) is 10.6 Å². The minimum Gasteiger partial charge on any atom is -0.338 e. The molecule has 2 saturated heterocycles. The van der Waals surface area contributed by atoms with Gasteiger partial charge in [0.1, 0.15) is 12.1 Å². The first kappa shape index (κ1) is 17.0. The minimum absolute atomic E-state index is 0. The van der Waals surface area contributed by atoms with E-state index in [1.54, 1.807) is 4.90 Å². The number of rotatable bonds is 2. The molecule has 0 aromatic rings. The second-order valence-electron chi connectivity index (χ2n) is 6.31. The van der Waals surface area contributed by atoms with E-state index in [1.807, 2.05) is 6.92 Å². The standard InChI is InChI=1S/C14H22N4O3.ClH/c1-10-8-17(7-6-15-10)11(19)9-18-12(20)14(16-13(18)21)4-2-3-5-14;/h10,15H,2-9H2,1H3,(H,16,21);1H. The highest BCUT2D eigenvalue weighted by atomic mass is 35.5. The van der Waals surface area contributed by atoms with Gasteiger partial charge in [-0.1, -0.05) is 12.8 Å². The molecular weight excluding hydrogens is 308 g/mol. The SMILES string of the molecule is CC1CN(C(=O)CN2C(=O)NC3(CCCC3)C2=O)CCN1.Cl. The van der Waals surface area contributed by atoms with Crippen LogP contribution in [0.3, 0.4) is 0 Å². The van der Waals surface area contributed by atoms with E-state index in [0.29, 0.717) is 25.9 Å². The molecule has 3 fully saturated rings. The maximum atomic E-state index is 12.5. The Morgan fingerprint density at radius 2 is 2.00 bits per heavy atom. The molecule has 2 aliphatic heterocycles. The number of amides is 4. The molecule has 1 unspecified atom stereocenters. The highest BCUT2D eigenvalue weighted by Gasteiger charge is 2.52. The van der Waals surface area contributed by atoms with Gasteiger partial charge in [-0.15, -0.1) is 12.4 Å². The number of carbonyl (C=O) groups excluding carboxylic acids is 3. The number of nitrogens with zero attached hydrogens (tertiary/aromatic N) is 2. The van der Waals surface area contributed by atoms with Crippen molar-refractivity contribution in [1.29, 1.82) is 0 Å². The normalized spacial score (nSPS) is 27.0. The summed E-state index contributed by atoms with van der Waals surface area (Å²) in [5.74, 6) is -0.372. The molecule has 1 atom stereocenters. The van der Waals surface area contributed by atoms with Crippen LogP contribution in [-0.2, 0) is 9.59 Å². The van der Waals surface area contributed by atoms with Crippen LogP contribution in [-0.4, -0.2) is 65.4 Å². The van der Waals surface area contributed by atoms with Gasteiger partial charge in [0.05, 0.1) is 0 Å². The van der Waals surface area contributed by atoms with E-state index in [0.717, 1.165) is 24.3 Å². The van der Waals surface area contributed by atoms with E-state index in [-0.39, 0.29) is 36.8 Å². The van der Waals surface area contributed by atoms with Gasteiger partial charge in [0.15, 0.2) is 0 Å². The number of piperazine rings is 1. The maximum Gasteiger partial charge on any atom is 0.325 e. The lowest BCUT2D eigenvalue weighted by Crippen LogP contribution is -2.54. The third-order valence-corrected chi connectivity index (χ3v) is 4.72. The number of hydrogen-bond acceptors (Lipinski definition) is 4. The molecule has 0 bridgehead atoms. The highest BCUT2D eigenvalue weighted by Crippen LogP contribution is 2.34. The molecule has 3 aliphatic rings. The van der Waals surface area contributed by atoms with Crippen LogP contribution in [0, 0.1) is 0 Å². The third-order valence-electron chi connectivity index (χ3n) is 4.72. The summed E-state index contributed by atoms with van der Waals surface area (Å²) in [5.41, 5.74) is -0.728. The Bertz CT molecular complexity index is 479. The molecule has 7 nitrogen and oxygen atoms in total. The second-order valence-corrected chi connectivity index (χ2v) is 6.31. The zero-order chi connectivity index (χ0) is 15.0. The molecule has 0 aromatic heterocycles. The lowest BCUT2D eigenvalue weighted by molar-refractivity contribution is -0.139. The number of imide groups is 1. The van der Waals surface area contributed by atoms with Crippen LogP contribution in [0.2, 0.25) is 0 Å². The second kappa shape index (κ2) is 6.42. The fourth-order valence-electron chi connectivity index (χ4n) is 3.53. The Kier molecular flexibility index (Phi) is 4.97. The number of nitrogens with one attached hydrogen (secondary N) is 2. The van der Waals surface area contributed by atoms with Crippen molar-refractivity contribution in [2.75, 3.05) is 26.2 Å². The van der Waals surface area contributed by atoms with Crippen LogP contribution in [0.4, 0.5) is 4.79 Å². The molecule has 8 heteroatoms. The van der Waals surface area contributed by atoms with Crippen LogP contribution in [0.25, 0.3) is 0 Å². The Balaban J connectivity index is 0.00000176. The molecule has 1 aliphatic carbocycles. The summed E-state index contributed by atoms with van der Waals surface area (Å²) in [7, 11) is 0. The summed E-state index contributed by atoms with van der Waals surface area (Å²) in [4.78, 5) is 39.7. The van der Waals surface area contributed by atoms with Gasteiger partial charge in [-0.3, -0.25) is 14.5 Å². The van der Waals surface area contributed by atoms with Crippen molar-refractivity contribution in [1.82, 2.24) is 20.4 Å². The monoisotopic (exact) mass is 330 g/mol.